The topological polar surface area (TPSA) is 69.3 Å². The molecule has 2 aromatic rings. The Kier molecular flexibility index (Phi) is 5.79. The van der Waals surface area contributed by atoms with E-state index in [1.54, 1.807) is 32.3 Å². The Bertz CT molecular complexity index is 1170. The summed E-state index contributed by atoms with van der Waals surface area (Å²) in [5.74, 6) is 1.65. The predicted octanol–water partition coefficient (Wildman–Crippen LogP) is 2.97. The highest BCUT2D eigenvalue weighted by Crippen LogP contribution is 2.42. The summed E-state index contributed by atoms with van der Waals surface area (Å²) in [7, 11) is 6.20. The average Bonchev–Trinajstić information content (AvgIpc) is 2.98. The maximum absolute atomic E-state index is 13.0. The summed E-state index contributed by atoms with van der Waals surface area (Å²) in [5.41, 5.74) is 3.61. The van der Waals surface area contributed by atoms with Gasteiger partial charge in [-0.15, -0.1) is 0 Å². The largest absolute Gasteiger partial charge is 0.493 e. The van der Waals surface area contributed by atoms with Gasteiger partial charge in [0, 0.05) is 31.0 Å². The van der Waals surface area contributed by atoms with Crippen molar-refractivity contribution >= 4 is 5.91 Å². The first-order valence-corrected chi connectivity index (χ1v) is 11.1. The van der Waals surface area contributed by atoms with Gasteiger partial charge < -0.3 is 29.2 Å². The fraction of sp³-hybridized carbons (Fsp3) is 0.500. The van der Waals surface area contributed by atoms with Gasteiger partial charge in [-0.1, -0.05) is 0 Å². The molecule has 33 heavy (non-hydrogen) atoms. The predicted molar refractivity (Wildman–Crippen MR) is 127 cm³/mol. The second-order valence-corrected chi connectivity index (χ2v) is 8.14. The minimum Gasteiger partial charge on any atom is -0.493 e. The number of nitrogens with one attached hydrogen (secondary N) is 1. The Balaban J connectivity index is 1.40. The maximum Gasteiger partial charge on any atom is 0.227 e. The molecule has 1 aliphatic carbocycles. The lowest BCUT2D eigenvalue weighted by Crippen LogP contribution is -2.35. The number of hydrogen-bond donors (Lipinski definition) is 1. The summed E-state index contributed by atoms with van der Waals surface area (Å²) in [5, 5.41) is 2.58. The average molecular weight is 459 g/mol. The fourth-order valence-corrected chi connectivity index (χ4v) is 4.41. The van der Waals surface area contributed by atoms with E-state index in [1.807, 2.05) is 18.2 Å². The van der Waals surface area contributed by atoms with Gasteiger partial charge in [-0.25, -0.2) is 0 Å². The highest BCUT2D eigenvalue weighted by Gasteiger charge is 2.28. The van der Waals surface area contributed by atoms with Crippen LogP contribution in [0.5, 0.6) is 23.0 Å². The molecule has 0 fully saturated rings. The van der Waals surface area contributed by atoms with Gasteiger partial charge in [0.25, 0.3) is 0 Å². The Hall–Kier alpha value is -2.93. The van der Waals surface area contributed by atoms with Crippen molar-refractivity contribution in [2.24, 2.45) is 0 Å². The van der Waals surface area contributed by atoms with Crippen LogP contribution >= 0.6 is 0 Å². The van der Waals surface area contributed by atoms with Gasteiger partial charge in [0.15, 0.2) is 23.0 Å². The van der Waals surface area contributed by atoms with Crippen LogP contribution in [0.15, 0.2) is 24.3 Å². The zero-order chi connectivity index (χ0) is 27.0. The molecule has 7 nitrogen and oxygen atoms in total. The van der Waals surface area contributed by atoms with Gasteiger partial charge in [-0.05, 0) is 72.3 Å². The number of ether oxygens (including phenoxy) is 4. The molecule has 1 aliphatic heterocycles. The van der Waals surface area contributed by atoms with E-state index < -0.39 is 18.9 Å². The van der Waals surface area contributed by atoms with Crippen molar-refractivity contribution in [3.05, 3.63) is 46.5 Å². The number of benzene rings is 2. The number of carbonyl (C=O) groups excluding carboxylic acids is 1. The molecule has 0 unspecified atom stereocenters. The lowest BCUT2D eigenvalue weighted by atomic mass is 9.77. The summed E-state index contributed by atoms with van der Waals surface area (Å²) in [4.78, 5) is 14.6. The standard InChI is InChI=1S/C26H34N2O5/c1-30-22-11-17-6-9-28(26(29)14-18(17)12-23(22)31-2)8-5-7-27-16-20-10-19-13-24(32-3)25(33-4)15-21(19)20/h11-13,15,20,27H,5-10,14,16H2,1-4H3/t20-/m1/s1/i7D2,16D2. The Morgan fingerprint density at radius 1 is 0.939 bits per heavy atom. The molecule has 0 aromatic heterocycles. The number of methoxy groups -OCH3 is 4. The zero-order valence-electron chi connectivity index (χ0n) is 23.6. The monoisotopic (exact) mass is 458 g/mol. The molecule has 0 spiro atoms. The van der Waals surface area contributed by atoms with Crippen LogP contribution in [0.1, 0.15) is 40.1 Å². The molecule has 0 saturated heterocycles. The van der Waals surface area contributed by atoms with Crippen LogP contribution in [0.3, 0.4) is 0 Å². The van der Waals surface area contributed by atoms with Crippen LogP contribution in [0.4, 0.5) is 0 Å². The van der Waals surface area contributed by atoms with Crippen molar-refractivity contribution < 1.29 is 29.2 Å². The number of amides is 1. The van der Waals surface area contributed by atoms with E-state index in [2.05, 4.69) is 5.32 Å². The summed E-state index contributed by atoms with van der Waals surface area (Å²) in [6, 6.07) is 7.31. The van der Waals surface area contributed by atoms with Gasteiger partial charge in [0.1, 0.15) is 0 Å². The van der Waals surface area contributed by atoms with Crippen LogP contribution in [-0.2, 0) is 24.1 Å². The molecule has 1 heterocycles. The van der Waals surface area contributed by atoms with E-state index in [-0.39, 0.29) is 25.3 Å². The summed E-state index contributed by atoms with van der Waals surface area (Å²) < 4.78 is 55.6. The normalized spacial score (nSPS) is 19.6. The van der Waals surface area contributed by atoms with Gasteiger partial charge in [0.2, 0.25) is 5.91 Å². The van der Waals surface area contributed by atoms with Gasteiger partial charge in [0.05, 0.1) is 34.9 Å². The second-order valence-electron chi connectivity index (χ2n) is 8.14. The number of carbonyl (C=O) groups is 1. The highest BCUT2D eigenvalue weighted by molar-refractivity contribution is 5.80. The highest BCUT2D eigenvalue weighted by atomic mass is 16.5. The molecule has 2 aliphatic rings. The first-order valence-electron chi connectivity index (χ1n) is 13.1. The van der Waals surface area contributed by atoms with E-state index in [4.69, 9.17) is 24.4 Å². The molecule has 0 saturated carbocycles. The van der Waals surface area contributed by atoms with Crippen molar-refractivity contribution in [2.75, 3.05) is 54.5 Å². The quantitative estimate of drug-likeness (QED) is 0.590. The summed E-state index contributed by atoms with van der Waals surface area (Å²) in [6.07, 6.45) is 1.22. The Morgan fingerprint density at radius 3 is 2.21 bits per heavy atom. The zero-order valence-corrected chi connectivity index (χ0v) is 19.6. The maximum atomic E-state index is 13.0. The van der Waals surface area contributed by atoms with Gasteiger partial charge >= 0.3 is 0 Å². The third-order valence-electron chi connectivity index (χ3n) is 6.34. The van der Waals surface area contributed by atoms with Crippen molar-refractivity contribution in [3.8, 4) is 23.0 Å². The third kappa shape index (κ3) is 4.88. The van der Waals surface area contributed by atoms with E-state index in [1.165, 1.54) is 7.11 Å². The van der Waals surface area contributed by atoms with Crippen LogP contribution in [0, 0.1) is 0 Å². The number of rotatable bonds is 10. The number of nitrogens with zero attached hydrogens (tertiary/aromatic N) is 1. The first-order chi connectivity index (χ1) is 17.5. The lowest BCUT2D eigenvalue weighted by molar-refractivity contribution is -0.130. The number of fused-ring (bicyclic) bond motifs is 2. The summed E-state index contributed by atoms with van der Waals surface area (Å²) in [6.45, 7) is -3.41. The Labute approximate surface area is 201 Å². The molecule has 1 amide bonds. The molecule has 1 atom stereocenters. The van der Waals surface area contributed by atoms with Crippen molar-refractivity contribution in [2.45, 2.75) is 31.6 Å². The first kappa shape index (κ1) is 18.5. The van der Waals surface area contributed by atoms with Crippen molar-refractivity contribution in [3.63, 3.8) is 0 Å². The van der Waals surface area contributed by atoms with Gasteiger partial charge in [-0.3, -0.25) is 4.79 Å². The number of hydrogen-bond acceptors (Lipinski definition) is 6. The van der Waals surface area contributed by atoms with E-state index in [9.17, 15) is 4.79 Å². The van der Waals surface area contributed by atoms with Crippen LogP contribution in [0.2, 0.25) is 0 Å². The second kappa shape index (κ2) is 10.3. The van der Waals surface area contributed by atoms with Crippen LogP contribution in [0.25, 0.3) is 0 Å². The van der Waals surface area contributed by atoms with Crippen molar-refractivity contribution in [1.29, 1.82) is 0 Å². The lowest BCUT2D eigenvalue weighted by Gasteiger charge is -2.31. The fourth-order valence-electron chi connectivity index (χ4n) is 4.41. The van der Waals surface area contributed by atoms with Gasteiger partial charge in [-0.2, -0.15) is 0 Å². The smallest absolute Gasteiger partial charge is 0.227 e. The SMILES string of the molecule is [2H]C([2H])(CCN1CCc2cc(OC)c(OC)cc2CC1=O)NC([2H])([2H])[C@H]1Cc2cc(OC)c(OC)cc21. The Morgan fingerprint density at radius 2 is 1.55 bits per heavy atom. The van der Waals surface area contributed by atoms with Crippen molar-refractivity contribution in [1.82, 2.24) is 10.2 Å². The minimum absolute atomic E-state index is 0.0489. The molecule has 0 bridgehead atoms. The molecule has 178 valence electrons. The van der Waals surface area contributed by atoms with E-state index in [0.717, 1.165) is 22.3 Å². The molecule has 2 aromatic carbocycles. The van der Waals surface area contributed by atoms with E-state index in [0.29, 0.717) is 42.4 Å². The molecule has 0 radical (unpaired) electrons. The molecule has 7 heteroatoms. The van der Waals surface area contributed by atoms with Crippen LogP contribution < -0.4 is 24.3 Å². The van der Waals surface area contributed by atoms with E-state index >= 15 is 0 Å². The van der Waals surface area contributed by atoms with Crippen LogP contribution in [-0.4, -0.2) is 65.3 Å². The molecule has 4 rings (SSSR count). The minimum atomic E-state index is -2.03. The molecular formula is C26H34N2O5. The molecule has 1 N–H and O–H groups in total. The summed E-state index contributed by atoms with van der Waals surface area (Å²) >= 11 is 0. The molecular weight excluding hydrogens is 420 g/mol. The third-order valence-corrected chi connectivity index (χ3v) is 6.34.